The number of hydrogen-bond donors (Lipinski definition) is 1. The molecule has 8 heavy (non-hydrogen) atoms. The molecule has 0 aliphatic heterocycles. The van der Waals surface area contributed by atoms with Crippen LogP contribution >= 0.6 is 0 Å². The van der Waals surface area contributed by atoms with Gasteiger partial charge in [-0.2, -0.15) is 5.21 Å². The van der Waals surface area contributed by atoms with Gasteiger partial charge in [-0.25, -0.2) is 0 Å². The normalized spacial score (nSPS) is 5.00. The zero-order valence-electron chi connectivity index (χ0n) is 3.88. The van der Waals surface area contributed by atoms with Gasteiger partial charge in [0.05, 0.1) is 0 Å². The Hall–Kier alpha value is -0.491. The first-order chi connectivity index (χ1) is 2.50. The van der Waals surface area contributed by atoms with E-state index in [1.165, 1.54) is 6.33 Å². The number of aromatic nitrogens is 4. The maximum atomic E-state index is 3.38. The van der Waals surface area contributed by atoms with Crippen LogP contribution in [0.25, 0.3) is 12.3 Å². The summed E-state index contributed by atoms with van der Waals surface area (Å²) in [6.07, 6.45) is 1.33. The van der Waals surface area contributed by atoms with Gasteiger partial charge in [0, 0.05) is 0 Å². The minimum absolute atomic E-state index is 0. The number of H-pyrrole nitrogens is 1. The molecule has 0 aliphatic carbocycles. The van der Waals surface area contributed by atoms with E-state index >= 15 is 0 Å². The number of tetrazole rings is 1. The van der Waals surface area contributed by atoms with Crippen LogP contribution in [0.5, 0.6) is 0 Å². The first kappa shape index (κ1) is 15.6. The molecule has 1 aromatic rings. The van der Waals surface area contributed by atoms with Crippen LogP contribution in [-0.4, -0.2) is 20.6 Å². The summed E-state index contributed by atoms with van der Waals surface area (Å²) in [5.74, 6) is 0. The van der Waals surface area contributed by atoms with Gasteiger partial charge in [0.25, 0.3) is 0 Å². The fraction of sp³-hybridized carbons (Fsp3) is 0. The van der Waals surface area contributed by atoms with Crippen molar-refractivity contribution in [1.29, 1.82) is 0 Å². The van der Waals surface area contributed by atoms with E-state index in [-0.39, 0.29) is 29.4 Å². The largest absolute Gasteiger partial charge is 2.00 e. The van der Waals surface area contributed by atoms with Crippen LogP contribution in [0.4, 0.5) is 0 Å². The Labute approximate surface area is 57.1 Å². The maximum Gasteiger partial charge on any atom is 2.00 e. The molecule has 1 radical (unpaired) electrons. The molecule has 0 spiro atoms. The average molecular weight is 166 g/mol. The third-order valence-corrected chi connectivity index (χ3v) is 0.270. The number of nitrogens with one attached hydrogen (secondary N) is 1. The second kappa shape index (κ2) is 9.72. The summed E-state index contributed by atoms with van der Waals surface area (Å²) in [6, 6.07) is 0. The molecule has 7 heteroatoms. The maximum absolute atomic E-state index is 3.38. The van der Waals surface area contributed by atoms with Crippen molar-refractivity contribution in [1.82, 2.24) is 20.6 Å². The van der Waals surface area contributed by atoms with Crippen LogP contribution in [0.2, 0.25) is 0 Å². The Bertz CT molecular complexity index is 65.0. The fourth-order valence-corrected chi connectivity index (χ4v) is 0.129. The van der Waals surface area contributed by atoms with Crippen LogP contribution in [0.3, 0.4) is 0 Å². The Balaban J connectivity index is -0.0000000833. The molecule has 5 N–H and O–H groups in total. The summed E-state index contributed by atoms with van der Waals surface area (Å²) in [7, 11) is 0. The quantitative estimate of drug-likeness (QED) is 0.568. The Kier molecular flexibility index (Phi) is 19.0. The van der Waals surface area contributed by atoms with E-state index in [0.717, 1.165) is 0 Å². The van der Waals surface area contributed by atoms with Crippen molar-refractivity contribution in [3.8, 4) is 0 Å². The molecule has 1 heterocycles. The summed E-state index contributed by atoms with van der Waals surface area (Å²) in [6.45, 7) is 0. The van der Waals surface area contributed by atoms with Crippen LogP contribution in [-0.2, 0) is 17.1 Å². The van der Waals surface area contributed by atoms with Crippen molar-refractivity contribution in [2.75, 3.05) is 0 Å². The summed E-state index contributed by atoms with van der Waals surface area (Å²) >= 11 is 0. The van der Waals surface area contributed by atoms with Gasteiger partial charge in [-0.1, -0.05) is 5.21 Å². The molecule has 6 nitrogen and oxygen atoms in total. The predicted octanol–water partition coefficient (Wildman–Crippen LogP) is 0.631. The van der Waals surface area contributed by atoms with Crippen molar-refractivity contribution < 1.29 is 17.1 Å². The van der Waals surface area contributed by atoms with Gasteiger partial charge in [0.1, 0.15) is 0 Å². The van der Waals surface area contributed by atoms with E-state index < -0.39 is 0 Å². The van der Waals surface area contributed by atoms with Crippen LogP contribution in [0.1, 0.15) is 0 Å². The summed E-state index contributed by atoms with van der Waals surface area (Å²) in [5.41, 5.74) is 0. The van der Waals surface area contributed by atoms with Gasteiger partial charge >= 0.3 is 17.1 Å². The summed E-state index contributed by atoms with van der Waals surface area (Å²) < 4.78 is 0. The molecule has 0 saturated carbocycles. The number of nitrogens with zero attached hydrogens (tertiary/aromatic N) is 3. The first-order valence-corrected chi connectivity index (χ1v) is 1.16. The molecule has 0 aromatic carbocycles. The standard InChI is InChI=1S/CH2N4.Cu.2H2N/c1-2-4-5-3-1;;;/h1H,(H,2,3,4,5);;2*1H2/q;+2;2*-1. The zero-order valence-corrected chi connectivity index (χ0v) is 4.82. The van der Waals surface area contributed by atoms with Gasteiger partial charge < -0.3 is 12.3 Å². The van der Waals surface area contributed by atoms with Crippen LogP contribution in [0, 0.1) is 0 Å². The van der Waals surface area contributed by atoms with Gasteiger partial charge in [-0.3, -0.25) is 0 Å². The van der Waals surface area contributed by atoms with E-state index in [9.17, 15) is 0 Å². The molecule has 0 bridgehead atoms. The first-order valence-electron chi connectivity index (χ1n) is 1.16. The van der Waals surface area contributed by atoms with E-state index in [2.05, 4.69) is 20.6 Å². The fourth-order valence-electron chi connectivity index (χ4n) is 0.129. The van der Waals surface area contributed by atoms with Crippen molar-refractivity contribution in [2.24, 2.45) is 0 Å². The predicted molar refractivity (Wildman–Crippen MR) is 24.7 cm³/mol. The summed E-state index contributed by atoms with van der Waals surface area (Å²) in [4.78, 5) is 0. The van der Waals surface area contributed by atoms with Gasteiger partial charge in [0.2, 0.25) is 0 Å². The second-order valence-corrected chi connectivity index (χ2v) is 0.560. The minimum atomic E-state index is 0. The van der Waals surface area contributed by atoms with E-state index in [0.29, 0.717) is 0 Å². The third kappa shape index (κ3) is 5.51. The minimum Gasteiger partial charge on any atom is -0.693 e. The van der Waals surface area contributed by atoms with E-state index in [1.54, 1.807) is 0 Å². The van der Waals surface area contributed by atoms with Gasteiger partial charge in [-0.15, -0.1) is 10.2 Å². The van der Waals surface area contributed by atoms with Crippen molar-refractivity contribution in [3.05, 3.63) is 18.6 Å². The molecule has 0 aliphatic rings. The number of rotatable bonds is 0. The smallest absolute Gasteiger partial charge is 0.693 e. The van der Waals surface area contributed by atoms with Gasteiger partial charge in [0.15, 0.2) is 6.33 Å². The molecular formula is CH6CuN6. The molecule has 0 amide bonds. The van der Waals surface area contributed by atoms with Crippen molar-refractivity contribution in [2.45, 2.75) is 0 Å². The van der Waals surface area contributed by atoms with Gasteiger partial charge in [-0.05, 0) is 0 Å². The Morgan fingerprint density at radius 2 is 1.88 bits per heavy atom. The van der Waals surface area contributed by atoms with E-state index in [1.807, 2.05) is 0 Å². The number of nitrogens with two attached hydrogens (primary N) is 2. The molecular weight excluding hydrogens is 160 g/mol. The van der Waals surface area contributed by atoms with Crippen LogP contribution in [0.15, 0.2) is 6.33 Å². The monoisotopic (exact) mass is 165 g/mol. The van der Waals surface area contributed by atoms with Crippen LogP contribution < -0.4 is 0 Å². The molecule has 0 fully saturated rings. The number of hydrogen-bond acceptors (Lipinski definition) is 3. The average Bonchev–Trinajstić information content (AvgIpc) is 1.76. The van der Waals surface area contributed by atoms with E-state index in [4.69, 9.17) is 0 Å². The molecule has 0 atom stereocenters. The molecule has 51 valence electrons. The second-order valence-electron chi connectivity index (χ2n) is 0.560. The molecule has 1 rings (SSSR count). The Morgan fingerprint density at radius 3 is 2.00 bits per heavy atom. The topological polar surface area (TPSA) is 121 Å². The number of aromatic amines is 1. The third-order valence-electron chi connectivity index (χ3n) is 0.270. The van der Waals surface area contributed by atoms with Crippen molar-refractivity contribution in [3.63, 3.8) is 0 Å². The molecule has 0 saturated heterocycles. The summed E-state index contributed by atoms with van der Waals surface area (Å²) in [5, 5.41) is 12.2. The SMILES string of the molecule is [Cu+2].[NH2-].[NH2-].c1nn[nH]n1. The zero-order chi connectivity index (χ0) is 3.54. The molecule has 0 unspecified atom stereocenters. The van der Waals surface area contributed by atoms with Crippen molar-refractivity contribution >= 4 is 0 Å². The Morgan fingerprint density at radius 1 is 1.25 bits per heavy atom. The molecule has 1 aromatic heterocycles.